The molecule has 5 nitrogen and oxygen atoms in total. The number of anilines is 1. The van der Waals surface area contributed by atoms with Crippen molar-refractivity contribution in [3.8, 4) is 0 Å². The zero-order valence-corrected chi connectivity index (χ0v) is 10.4. The minimum Gasteiger partial charge on any atom is -0.450 e. The Labute approximate surface area is 105 Å². The topological polar surface area (TPSA) is 67.6 Å². The summed E-state index contributed by atoms with van der Waals surface area (Å²) in [6, 6.07) is 7.19. The number of nitrogens with one attached hydrogen (secondary N) is 1. The summed E-state index contributed by atoms with van der Waals surface area (Å²) in [6.07, 6.45) is -0.438. The Kier molecular flexibility index (Phi) is 5.59. The van der Waals surface area contributed by atoms with Gasteiger partial charge in [-0.15, -0.1) is 0 Å². The van der Waals surface area contributed by atoms with E-state index in [0.29, 0.717) is 24.7 Å². The first-order valence-corrected chi connectivity index (χ1v) is 5.69. The maximum absolute atomic E-state index is 11.0. The minimum absolute atomic E-state index is 0.354. The van der Waals surface area contributed by atoms with Crippen LogP contribution in [0.1, 0.15) is 6.92 Å². The number of nitrogens with zero attached hydrogens (tertiary/aromatic N) is 1. The maximum Gasteiger partial charge on any atom is 0.407 e. The van der Waals surface area contributed by atoms with Crippen molar-refractivity contribution in [3.63, 3.8) is 0 Å². The van der Waals surface area contributed by atoms with Crippen molar-refractivity contribution in [2.75, 3.05) is 24.7 Å². The van der Waals surface area contributed by atoms with Crippen molar-refractivity contribution in [1.82, 2.24) is 5.32 Å². The highest BCUT2D eigenvalue weighted by Gasteiger charge is 2.03. The van der Waals surface area contributed by atoms with Crippen LogP contribution in [0.4, 0.5) is 10.5 Å². The van der Waals surface area contributed by atoms with E-state index in [1.807, 2.05) is 12.1 Å². The van der Waals surface area contributed by atoms with Gasteiger partial charge in [-0.2, -0.15) is 0 Å². The lowest BCUT2D eigenvalue weighted by atomic mass is 10.3. The molecule has 0 spiro atoms. The van der Waals surface area contributed by atoms with Crippen LogP contribution in [0.15, 0.2) is 24.3 Å². The second-order valence-electron chi connectivity index (χ2n) is 3.32. The van der Waals surface area contributed by atoms with Gasteiger partial charge in [0.25, 0.3) is 0 Å². The number of halogens is 1. The first kappa shape index (κ1) is 13.6. The molecule has 6 heteroatoms. The Morgan fingerprint density at radius 1 is 1.59 bits per heavy atom. The van der Waals surface area contributed by atoms with Crippen LogP contribution in [-0.2, 0) is 4.74 Å². The molecule has 0 aromatic heterocycles. The Morgan fingerprint density at radius 3 is 3.00 bits per heavy atom. The van der Waals surface area contributed by atoms with Crippen molar-refractivity contribution in [1.29, 1.82) is 0 Å². The largest absolute Gasteiger partial charge is 0.450 e. The molecular formula is C11H16ClN3O2. The van der Waals surface area contributed by atoms with Gasteiger partial charge in [0.15, 0.2) is 0 Å². The molecule has 0 aliphatic rings. The molecule has 1 aromatic rings. The lowest BCUT2D eigenvalue weighted by molar-refractivity contribution is 0.152. The predicted octanol–water partition coefficient (Wildman–Crippen LogP) is 1.77. The predicted molar refractivity (Wildman–Crippen MR) is 68.0 cm³/mol. The standard InChI is InChI=1S/C11H16ClN3O2/c1-2-17-11(16)14-6-7-15(13)10-5-3-4-9(12)8-10/h3-5,8H,2,6-7,13H2,1H3,(H,14,16). The first-order chi connectivity index (χ1) is 8.13. The normalized spacial score (nSPS) is 9.82. The molecule has 3 N–H and O–H groups in total. The van der Waals surface area contributed by atoms with Gasteiger partial charge in [0.2, 0.25) is 0 Å². The molecule has 0 saturated carbocycles. The number of carbonyl (C=O) groups is 1. The van der Waals surface area contributed by atoms with E-state index in [0.717, 1.165) is 5.69 Å². The monoisotopic (exact) mass is 257 g/mol. The third kappa shape index (κ3) is 4.93. The lowest BCUT2D eigenvalue weighted by Crippen LogP contribution is -2.39. The van der Waals surface area contributed by atoms with Crippen LogP contribution < -0.4 is 16.2 Å². The van der Waals surface area contributed by atoms with Gasteiger partial charge in [0.05, 0.1) is 18.8 Å². The van der Waals surface area contributed by atoms with Crippen molar-refractivity contribution in [2.24, 2.45) is 5.84 Å². The maximum atomic E-state index is 11.0. The molecule has 0 saturated heterocycles. The van der Waals surface area contributed by atoms with Crippen LogP contribution in [-0.4, -0.2) is 25.8 Å². The number of nitrogens with two attached hydrogens (primary N) is 1. The van der Waals surface area contributed by atoms with Crippen molar-refractivity contribution in [3.05, 3.63) is 29.3 Å². The Bertz CT molecular complexity index is 373. The number of alkyl carbamates (subject to hydrolysis) is 1. The van der Waals surface area contributed by atoms with E-state index in [9.17, 15) is 4.79 Å². The van der Waals surface area contributed by atoms with E-state index in [1.165, 1.54) is 5.01 Å². The molecule has 1 rings (SSSR count). The molecule has 17 heavy (non-hydrogen) atoms. The minimum atomic E-state index is -0.438. The fourth-order valence-electron chi connectivity index (χ4n) is 1.24. The summed E-state index contributed by atoms with van der Waals surface area (Å²) in [5, 5.41) is 4.72. The molecule has 94 valence electrons. The summed E-state index contributed by atoms with van der Waals surface area (Å²) in [4.78, 5) is 11.0. The number of hydrazine groups is 1. The van der Waals surface area contributed by atoms with Gasteiger partial charge in [0.1, 0.15) is 0 Å². The number of rotatable bonds is 5. The summed E-state index contributed by atoms with van der Waals surface area (Å²) in [6.45, 7) is 2.98. The molecular weight excluding hydrogens is 242 g/mol. The summed E-state index contributed by atoms with van der Waals surface area (Å²) < 4.78 is 4.72. The second kappa shape index (κ2) is 6.98. The number of hydrogen-bond donors (Lipinski definition) is 2. The second-order valence-corrected chi connectivity index (χ2v) is 3.76. The number of ether oxygens (including phenoxy) is 1. The van der Waals surface area contributed by atoms with Crippen LogP contribution in [0.3, 0.4) is 0 Å². The summed E-state index contributed by atoms with van der Waals surface area (Å²) in [7, 11) is 0. The summed E-state index contributed by atoms with van der Waals surface area (Å²) in [5.74, 6) is 5.81. The van der Waals surface area contributed by atoms with Crippen molar-refractivity contribution < 1.29 is 9.53 Å². The third-order valence-corrected chi connectivity index (χ3v) is 2.27. The fourth-order valence-corrected chi connectivity index (χ4v) is 1.43. The summed E-state index contributed by atoms with van der Waals surface area (Å²) in [5.41, 5.74) is 0.795. The van der Waals surface area contributed by atoms with Crippen LogP contribution in [0.25, 0.3) is 0 Å². The lowest BCUT2D eigenvalue weighted by Gasteiger charge is -2.18. The number of hydrogen-bond acceptors (Lipinski definition) is 4. The van der Waals surface area contributed by atoms with Gasteiger partial charge in [-0.1, -0.05) is 17.7 Å². The molecule has 0 unspecified atom stereocenters. The number of benzene rings is 1. The van der Waals surface area contributed by atoms with Gasteiger partial charge in [-0.3, -0.25) is 0 Å². The molecule has 0 aliphatic heterocycles. The van der Waals surface area contributed by atoms with Gasteiger partial charge in [-0.05, 0) is 25.1 Å². The van der Waals surface area contributed by atoms with E-state index < -0.39 is 6.09 Å². The third-order valence-electron chi connectivity index (χ3n) is 2.04. The smallest absolute Gasteiger partial charge is 0.407 e. The highest BCUT2D eigenvalue weighted by atomic mass is 35.5. The van der Waals surface area contributed by atoms with E-state index in [2.05, 4.69) is 5.32 Å². The number of carbonyl (C=O) groups excluding carboxylic acids is 1. The number of amides is 1. The molecule has 0 aliphatic carbocycles. The molecule has 1 amide bonds. The molecule has 0 bridgehead atoms. The highest BCUT2D eigenvalue weighted by Crippen LogP contribution is 2.16. The Balaban J connectivity index is 2.35. The van der Waals surface area contributed by atoms with Crippen LogP contribution >= 0.6 is 11.6 Å². The van der Waals surface area contributed by atoms with Gasteiger partial charge >= 0.3 is 6.09 Å². The van der Waals surface area contributed by atoms with E-state index in [4.69, 9.17) is 22.2 Å². The molecule has 0 atom stereocenters. The molecule has 0 heterocycles. The quantitative estimate of drug-likeness (QED) is 0.623. The summed E-state index contributed by atoms with van der Waals surface area (Å²) >= 11 is 5.84. The zero-order chi connectivity index (χ0) is 12.7. The van der Waals surface area contributed by atoms with Crippen LogP contribution in [0.5, 0.6) is 0 Å². The zero-order valence-electron chi connectivity index (χ0n) is 9.65. The Morgan fingerprint density at radius 2 is 2.35 bits per heavy atom. The first-order valence-electron chi connectivity index (χ1n) is 5.32. The highest BCUT2D eigenvalue weighted by molar-refractivity contribution is 6.30. The van der Waals surface area contributed by atoms with Gasteiger partial charge in [0, 0.05) is 11.6 Å². The van der Waals surface area contributed by atoms with Crippen molar-refractivity contribution in [2.45, 2.75) is 6.92 Å². The molecule has 0 radical (unpaired) electrons. The van der Waals surface area contributed by atoms with Crippen LogP contribution in [0.2, 0.25) is 5.02 Å². The molecule has 1 aromatic carbocycles. The fraction of sp³-hybridized carbons (Fsp3) is 0.364. The SMILES string of the molecule is CCOC(=O)NCCN(N)c1cccc(Cl)c1. The molecule has 0 fully saturated rings. The van der Waals surface area contributed by atoms with Crippen LogP contribution in [0, 0.1) is 0 Å². The average Bonchev–Trinajstić information content (AvgIpc) is 2.29. The van der Waals surface area contributed by atoms with E-state index in [-0.39, 0.29) is 0 Å². The Hall–Kier alpha value is -1.46. The van der Waals surface area contributed by atoms with E-state index >= 15 is 0 Å². The van der Waals surface area contributed by atoms with Gasteiger partial charge < -0.3 is 15.1 Å². The van der Waals surface area contributed by atoms with Gasteiger partial charge in [-0.25, -0.2) is 10.6 Å². The van der Waals surface area contributed by atoms with E-state index in [1.54, 1.807) is 19.1 Å². The average molecular weight is 258 g/mol. The van der Waals surface area contributed by atoms with Crippen molar-refractivity contribution >= 4 is 23.4 Å².